The van der Waals surface area contributed by atoms with Gasteiger partial charge in [0.15, 0.2) is 0 Å². The number of esters is 1. The van der Waals surface area contributed by atoms with Crippen molar-refractivity contribution in [3.05, 3.63) is 33.4 Å². The van der Waals surface area contributed by atoms with Crippen LogP contribution in [0.25, 0.3) is 0 Å². The molecule has 0 saturated heterocycles. The molecule has 0 aliphatic rings. The Morgan fingerprint density at radius 1 is 1.47 bits per heavy atom. The van der Waals surface area contributed by atoms with Gasteiger partial charge in [-0.25, -0.2) is 0 Å². The van der Waals surface area contributed by atoms with Gasteiger partial charge in [-0.1, -0.05) is 12.1 Å². The van der Waals surface area contributed by atoms with Crippen molar-refractivity contribution < 1.29 is 14.3 Å². The first-order valence-corrected chi connectivity index (χ1v) is 6.19. The van der Waals surface area contributed by atoms with Crippen molar-refractivity contribution in [2.75, 3.05) is 13.7 Å². The van der Waals surface area contributed by atoms with Crippen LogP contribution >= 0.6 is 22.6 Å². The second kappa shape index (κ2) is 6.58. The Kier molecular flexibility index (Phi) is 5.40. The summed E-state index contributed by atoms with van der Waals surface area (Å²) in [4.78, 5) is 23.5. The van der Waals surface area contributed by atoms with Gasteiger partial charge in [0.05, 0.1) is 13.2 Å². The van der Waals surface area contributed by atoms with Gasteiger partial charge in [-0.3, -0.25) is 9.59 Å². The third-order valence-electron chi connectivity index (χ3n) is 2.52. The van der Waals surface area contributed by atoms with Crippen LogP contribution in [-0.2, 0) is 14.3 Å². The Bertz CT molecular complexity index is 391. The van der Waals surface area contributed by atoms with E-state index in [9.17, 15) is 9.59 Å². The molecule has 1 aromatic rings. The second-order valence-corrected chi connectivity index (χ2v) is 4.83. The van der Waals surface area contributed by atoms with Gasteiger partial charge >= 0.3 is 5.97 Å². The highest BCUT2D eigenvalue weighted by molar-refractivity contribution is 14.1. The van der Waals surface area contributed by atoms with Crippen molar-refractivity contribution in [1.29, 1.82) is 0 Å². The lowest BCUT2D eigenvalue weighted by atomic mass is 10.1. The second-order valence-electron chi connectivity index (χ2n) is 3.58. The lowest BCUT2D eigenvalue weighted by Gasteiger charge is -2.24. The fraction of sp³-hybridized carbons (Fsp3) is 0.333. The monoisotopic (exact) mass is 347 g/mol. The first-order chi connectivity index (χ1) is 8.08. The highest BCUT2D eigenvalue weighted by Gasteiger charge is 2.17. The largest absolute Gasteiger partial charge is 0.468 e. The molecule has 1 rings (SSSR count). The minimum atomic E-state index is -0.422. The van der Waals surface area contributed by atoms with Crippen LogP contribution < -0.4 is 0 Å². The van der Waals surface area contributed by atoms with E-state index in [2.05, 4.69) is 27.3 Å². The zero-order valence-corrected chi connectivity index (χ0v) is 11.9. The SMILES string of the molecule is COC(=O)CN(C=O)C(C)c1ccc(I)cc1. The smallest absolute Gasteiger partial charge is 0.325 e. The van der Waals surface area contributed by atoms with Gasteiger partial charge in [-0.15, -0.1) is 0 Å². The van der Waals surface area contributed by atoms with E-state index in [1.54, 1.807) is 0 Å². The van der Waals surface area contributed by atoms with Crippen LogP contribution in [0.15, 0.2) is 24.3 Å². The van der Waals surface area contributed by atoms with Crippen LogP contribution in [0.4, 0.5) is 0 Å². The summed E-state index contributed by atoms with van der Waals surface area (Å²) in [6.45, 7) is 1.84. The van der Waals surface area contributed by atoms with Crippen molar-refractivity contribution in [2.45, 2.75) is 13.0 Å². The summed E-state index contributed by atoms with van der Waals surface area (Å²) in [5.74, 6) is -0.422. The average Bonchev–Trinajstić information content (AvgIpc) is 2.35. The van der Waals surface area contributed by atoms with Crippen molar-refractivity contribution >= 4 is 35.0 Å². The molecule has 0 spiro atoms. The maximum atomic E-state index is 11.1. The van der Waals surface area contributed by atoms with Gasteiger partial charge in [-0.05, 0) is 47.2 Å². The van der Waals surface area contributed by atoms with Crippen molar-refractivity contribution in [3.63, 3.8) is 0 Å². The molecule has 1 atom stereocenters. The Balaban J connectivity index is 2.78. The number of methoxy groups -OCH3 is 1. The molecule has 0 aromatic heterocycles. The van der Waals surface area contributed by atoms with Gasteiger partial charge in [0.25, 0.3) is 0 Å². The summed E-state index contributed by atoms with van der Waals surface area (Å²) in [5.41, 5.74) is 0.987. The zero-order chi connectivity index (χ0) is 12.8. The summed E-state index contributed by atoms with van der Waals surface area (Å²) in [5, 5.41) is 0. The predicted molar refractivity (Wildman–Crippen MR) is 72.4 cm³/mol. The molecule has 92 valence electrons. The number of ether oxygens (including phenoxy) is 1. The summed E-state index contributed by atoms with van der Waals surface area (Å²) >= 11 is 2.22. The number of carbonyl (C=O) groups excluding carboxylic acids is 2. The molecular formula is C12H14INO3. The molecule has 1 amide bonds. The maximum absolute atomic E-state index is 11.1. The van der Waals surface area contributed by atoms with Gasteiger partial charge in [0.1, 0.15) is 6.54 Å². The molecule has 0 bridgehead atoms. The number of hydrogen-bond acceptors (Lipinski definition) is 3. The number of benzene rings is 1. The van der Waals surface area contributed by atoms with E-state index in [-0.39, 0.29) is 12.6 Å². The van der Waals surface area contributed by atoms with E-state index in [0.717, 1.165) is 9.13 Å². The minimum absolute atomic E-state index is 0.0346. The molecule has 0 heterocycles. The quantitative estimate of drug-likeness (QED) is 0.465. The standard InChI is InChI=1S/C12H14INO3/c1-9(10-3-5-11(13)6-4-10)14(8-15)7-12(16)17-2/h3-6,8-9H,7H2,1-2H3. The third kappa shape index (κ3) is 3.99. The minimum Gasteiger partial charge on any atom is -0.468 e. The number of nitrogens with zero attached hydrogens (tertiary/aromatic N) is 1. The van der Waals surface area contributed by atoms with E-state index in [1.165, 1.54) is 12.0 Å². The molecule has 0 N–H and O–H groups in total. The fourth-order valence-electron chi connectivity index (χ4n) is 1.41. The highest BCUT2D eigenvalue weighted by Crippen LogP contribution is 2.19. The molecule has 4 nitrogen and oxygen atoms in total. The lowest BCUT2D eigenvalue weighted by Crippen LogP contribution is -2.31. The maximum Gasteiger partial charge on any atom is 0.325 e. The van der Waals surface area contributed by atoms with E-state index in [4.69, 9.17) is 0 Å². The molecular weight excluding hydrogens is 333 g/mol. The number of rotatable bonds is 5. The summed E-state index contributed by atoms with van der Waals surface area (Å²) in [6.07, 6.45) is 0.666. The normalized spacial score (nSPS) is 11.7. The van der Waals surface area contributed by atoms with Gasteiger partial charge in [0, 0.05) is 3.57 Å². The van der Waals surface area contributed by atoms with Crippen LogP contribution in [0.3, 0.4) is 0 Å². The van der Waals surface area contributed by atoms with E-state index >= 15 is 0 Å². The van der Waals surface area contributed by atoms with E-state index in [0.29, 0.717) is 6.41 Å². The van der Waals surface area contributed by atoms with Gasteiger partial charge in [0.2, 0.25) is 6.41 Å². The van der Waals surface area contributed by atoms with Crippen LogP contribution in [-0.4, -0.2) is 30.9 Å². The Morgan fingerprint density at radius 3 is 2.53 bits per heavy atom. The van der Waals surface area contributed by atoms with Crippen molar-refractivity contribution in [1.82, 2.24) is 4.90 Å². The molecule has 0 radical (unpaired) electrons. The van der Waals surface area contributed by atoms with Crippen LogP contribution in [0.2, 0.25) is 0 Å². The van der Waals surface area contributed by atoms with Crippen LogP contribution in [0.1, 0.15) is 18.5 Å². The number of carbonyl (C=O) groups is 2. The zero-order valence-electron chi connectivity index (χ0n) is 9.72. The molecule has 17 heavy (non-hydrogen) atoms. The molecule has 0 aliphatic carbocycles. The predicted octanol–water partition coefficient (Wildman–Crippen LogP) is 1.98. The first kappa shape index (κ1) is 14.0. The van der Waals surface area contributed by atoms with Gasteiger partial charge in [-0.2, -0.15) is 0 Å². The molecule has 0 aliphatic heterocycles. The Hall–Kier alpha value is -1.11. The number of hydrogen-bond donors (Lipinski definition) is 0. The fourth-order valence-corrected chi connectivity index (χ4v) is 1.77. The molecule has 0 fully saturated rings. The van der Waals surface area contributed by atoms with Crippen molar-refractivity contribution in [3.8, 4) is 0 Å². The van der Waals surface area contributed by atoms with Crippen LogP contribution in [0, 0.1) is 3.57 Å². The number of halogens is 1. The molecule has 1 aromatic carbocycles. The number of amides is 1. The first-order valence-electron chi connectivity index (χ1n) is 5.11. The topological polar surface area (TPSA) is 46.6 Å². The summed E-state index contributed by atoms with van der Waals surface area (Å²) in [7, 11) is 1.31. The summed E-state index contributed by atoms with van der Waals surface area (Å²) in [6, 6.07) is 7.67. The van der Waals surface area contributed by atoms with Gasteiger partial charge < -0.3 is 9.64 Å². The average molecular weight is 347 g/mol. The van der Waals surface area contributed by atoms with E-state index in [1.807, 2.05) is 31.2 Å². The molecule has 5 heteroatoms. The lowest BCUT2D eigenvalue weighted by molar-refractivity contribution is -0.145. The van der Waals surface area contributed by atoms with Crippen LogP contribution in [0.5, 0.6) is 0 Å². The Labute approximate surface area is 114 Å². The highest BCUT2D eigenvalue weighted by atomic mass is 127. The molecule has 1 unspecified atom stereocenters. The Morgan fingerprint density at radius 2 is 2.06 bits per heavy atom. The van der Waals surface area contributed by atoms with E-state index < -0.39 is 5.97 Å². The van der Waals surface area contributed by atoms with Crippen molar-refractivity contribution in [2.24, 2.45) is 0 Å². The third-order valence-corrected chi connectivity index (χ3v) is 3.24. The summed E-state index contributed by atoms with van der Waals surface area (Å²) < 4.78 is 5.68. The molecule has 0 saturated carbocycles.